The van der Waals surface area contributed by atoms with Gasteiger partial charge in [0.25, 0.3) is 5.92 Å². The smallest absolute Gasteiger partial charge is 0.270 e. The molecule has 1 N–H and O–H groups in total. The highest BCUT2D eigenvalue weighted by Crippen LogP contribution is 2.44. The van der Waals surface area contributed by atoms with Crippen LogP contribution >= 0.6 is 0 Å². The van der Waals surface area contributed by atoms with Crippen LogP contribution in [0.5, 0.6) is 5.75 Å². The average Bonchev–Trinajstić information content (AvgIpc) is 2.55. The highest BCUT2D eigenvalue weighted by Gasteiger charge is 2.54. The van der Waals surface area contributed by atoms with Crippen LogP contribution in [0.25, 0.3) is 0 Å². The first kappa shape index (κ1) is 11.3. The fourth-order valence-corrected chi connectivity index (χ4v) is 2.10. The van der Waals surface area contributed by atoms with Gasteiger partial charge in [-0.3, -0.25) is 0 Å². The third-order valence-corrected chi connectivity index (χ3v) is 3.30. The van der Waals surface area contributed by atoms with E-state index in [1.54, 1.807) is 24.3 Å². The molecule has 0 saturated carbocycles. The van der Waals surface area contributed by atoms with E-state index in [9.17, 15) is 8.78 Å². The van der Waals surface area contributed by atoms with E-state index in [2.05, 4.69) is 5.32 Å². The molecule has 1 unspecified atom stereocenters. The van der Waals surface area contributed by atoms with Gasteiger partial charge in [-0.2, -0.15) is 0 Å². The zero-order valence-corrected chi connectivity index (χ0v) is 9.39. The van der Waals surface area contributed by atoms with Crippen molar-refractivity contribution in [2.45, 2.75) is 24.8 Å². The average molecular weight is 227 g/mol. The lowest BCUT2D eigenvalue weighted by molar-refractivity contribution is -0.0559. The van der Waals surface area contributed by atoms with E-state index in [1.165, 1.54) is 14.0 Å². The second-order valence-corrected chi connectivity index (χ2v) is 4.24. The van der Waals surface area contributed by atoms with Crippen LogP contribution in [0.1, 0.15) is 18.9 Å². The lowest BCUT2D eigenvalue weighted by Gasteiger charge is -2.31. The summed E-state index contributed by atoms with van der Waals surface area (Å²) in [6.45, 7) is 1.87. The van der Waals surface area contributed by atoms with Crippen molar-refractivity contribution in [1.82, 2.24) is 5.32 Å². The summed E-state index contributed by atoms with van der Waals surface area (Å²) in [7, 11) is 1.53. The standard InChI is InChI=1S/C12H15F2NO/c1-11(12(13,14)6-7-15-11)9-4-3-5-10(8-9)16-2/h3-5,8,15H,6-7H2,1-2H3. The van der Waals surface area contributed by atoms with Gasteiger partial charge in [-0.15, -0.1) is 0 Å². The van der Waals surface area contributed by atoms with E-state index >= 15 is 0 Å². The molecule has 1 heterocycles. The van der Waals surface area contributed by atoms with Crippen LogP contribution in [0.3, 0.4) is 0 Å². The molecule has 1 aromatic carbocycles. The second-order valence-electron chi connectivity index (χ2n) is 4.24. The van der Waals surface area contributed by atoms with Crippen LogP contribution in [0.2, 0.25) is 0 Å². The van der Waals surface area contributed by atoms with E-state index in [1.807, 2.05) is 0 Å². The molecule has 0 radical (unpaired) electrons. The molecule has 0 amide bonds. The van der Waals surface area contributed by atoms with Gasteiger partial charge in [0, 0.05) is 13.0 Å². The van der Waals surface area contributed by atoms with Crippen molar-refractivity contribution in [2.24, 2.45) is 0 Å². The van der Waals surface area contributed by atoms with E-state index < -0.39 is 11.5 Å². The third-order valence-electron chi connectivity index (χ3n) is 3.30. The fourth-order valence-electron chi connectivity index (χ4n) is 2.10. The summed E-state index contributed by atoms with van der Waals surface area (Å²) in [4.78, 5) is 0. The minimum atomic E-state index is -2.72. The molecule has 1 atom stereocenters. The Hall–Kier alpha value is -1.16. The number of hydrogen-bond donors (Lipinski definition) is 1. The molecular weight excluding hydrogens is 212 g/mol. The van der Waals surface area contributed by atoms with Gasteiger partial charge in [0.2, 0.25) is 0 Å². The van der Waals surface area contributed by atoms with Crippen molar-refractivity contribution in [3.63, 3.8) is 0 Å². The van der Waals surface area contributed by atoms with E-state index in [0.29, 0.717) is 17.9 Å². The van der Waals surface area contributed by atoms with Gasteiger partial charge in [0.1, 0.15) is 11.3 Å². The quantitative estimate of drug-likeness (QED) is 0.838. The minimum Gasteiger partial charge on any atom is -0.497 e. The summed E-state index contributed by atoms with van der Waals surface area (Å²) in [5, 5.41) is 2.89. The molecule has 1 saturated heterocycles. The molecule has 0 spiro atoms. The van der Waals surface area contributed by atoms with Crippen molar-refractivity contribution in [3.8, 4) is 5.75 Å². The van der Waals surface area contributed by atoms with E-state index in [4.69, 9.17) is 4.74 Å². The highest BCUT2D eigenvalue weighted by atomic mass is 19.3. The number of halogens is 2. The summed E-state index contributed by atoms with van der Waals surface area (Å²) >= 11 is 0. The maximum atomic E-state index is 13.8. The maximum absolute atomic E-state index is 13.8. The van der Waals surface area contributed by atoms with Gasteiger partial charge in [-0.25, -0.2) is 8.78 Å². The van der Waals surface area contributed by atoms with Gasteiger partial charge >= 0.3 is 0 Å². The predicted octanol–water partition coefficient (Wildman–Crippen LogP) is 2.54. The zero-order valence-electron chi connectivity index (χ0n) is 9.39. The molecule has 2 nitrogen and oxygen atoms in total. The van der Waals surface area contributed by atoms with Crippen LogP contribution in [0.15, 0.2) is 24.3 Å². The van der Waals surface area contributed by atoms with Gasteiger partial charge in [-0.1, -0.05) is 12.1 Å². The van der Waals surface area contributed by atoms with Crippen molar-refractivity contribution >= 4 is 0 Å². The molecule has 88 valence electrons. The number of rotatable bonds is 2. The molecule has 4 heteroatoms. The molecule has 16 heavy (non-hydrogen) atoms. The number of benzene rings is 1. The predicted molar refractivity (Wildman–Crippen MR) is 57.9 cm³/mol. The molecule has 1 fully saturated rings. The molecule has 2 rings (SSSR count). The van der Waals surface area contributed by atoms with Crippen molar-refractivity contribution in [3.05, 3.63) is 29.8 Å². The fraction of sp³-hybridized carbons (Fsp3) is 0.500. The Balaban J connectivity index is 2.42. The summed E-state index contributed by atoms with van der Waals surface area (Å²) in [5.74, 6) is -2.12. The van der Waals surface area contributed by atoms with E-state index in [-0.39, 0.29) is 6.42 Å². The minimum absolute atomic E-state index is 0.124. The van der Waals surface area contributed by atoms with Crippen molar-refractivity contribution in [2.75, 3.05) is 13.7 Å². The summed E-state index contributed by atoms with van der Waals surface area (Å²) in [5.41, 5.74) is -0.726. The number of ether oxygens (including phenoxy) is 1. The molecule has 0 bridgehead atoms. The second kappa shape index (κ2) is 3.70. The van der Waals surface area contributed by atoms with Crippen LogP contribution in [0.4, 0.5) is 8.78 Å². The molecule has 1 aliphatic rings. The van der Waals surface area contributed by atoms with E-state index in [0.717, 1.165) is 0 Å². The van der Waals surface area contributed by atoms with Gasteiger partial charge < -0.3 is 10.1 Å². The Morgan fingerprint density at radius 3 is 2.69 bits per heavy atom. The topological polar surface area (TPSA) is 21.3 Å². The first-order valence-corrected chi connectivity index (χ1v) is 5.27. The molecule has 1 aromatic rings. The number of hydrogen-bond acceptors (Lipinski definition) is 2. The van der Waals surface area contributed by atoms with Crippen LogP contribution in [-0.4, -0.2) is 19.6 Å². The summed E-state index contributed by atoms with van der Waals surface area (Å²) in [6.07, 6.45) is -0.124. The first-order chi connectivity index (χ1) is 7.49. The Morgan fingerprint density at radius 2 is 2.12 bits per heavy atom. The van der Waals surface area contributed by atoms with Gasteiger partial charge in [0.05, 0.1) is 7.11 Å². The molecule has 1 aliphatic heterocycles. The Kier molecular flexibility index (Phi) is 2.62. The largest absolute Gasteiger partial charge is 0.497 e. The number of alkyl halides is 2. The maximum Gasteiger partial charge on any atom is 0.270 e. The normalized spacial score (nSPS) is 28.0. The summed E-state index contributed by atoms with van der Waals surface area (Å²) < 4.78 is 32.7. The Labute approximate surface area is 93.6 Å². The molecule has 0 aliphatic carbocycles. The van der Waals surface area contributed by atoms with Crippen LogP contribution in [0, 0.1) is 0 Å². The first-order valence-electron chi connectivity index (χ1n) is 5.27. The van der Waals surface area contributed by atoms with Gasteiger partial charge in [-0.05, 0) is 24.6 Å². The summed E-state index contributed by atoms with van der Waals surface area (Å²) in [6, 6.07) is 6.84. The van der Waals surface area contributed by atoms with Crippen LogP contribution in [-0.2, 0) is 5.54 Å². The Morgan fingerprint density at radius 1 is 1.38 bits per heavy atom. The molecule has 0 aromatic heterocycles. The van der Waals surface area contributed by atoms with Crippen molar-refractivity contribution < 1.29 is 13.5 Å². The SMILES string of the molecule is COc1cccc(C2(C)NCCC2(F)F)c1. The number of methoxy groups -OCH3 is 1. The van der Waals surface area contributed by atoms with Crippen LogP contribution < -0.4 is 10.1 Å². The molecular formula is C12H15F2NO. The van der Waals surface area contributed by atoms with Gasteiger partial charge in [0.15, 0.2) is 0 Å². The Bertz CT molecular complexity index is 394. The zero-order chi connectivity index (χ0) is 11.8. The monoisotopic (exact) mass is 227 g/mol. The third kappa shape index (κ3) is 1.57. The lowest BCUT2D eigenvalue weighted by atomic mass is 9.87. The van der Waals surface area contributed by atoms with Crippen molar-refractivity contribution in [1.29, 1.82) is 0 Å². The highest BCUT2D eigenvalue weighted by molar-refractivity contribution is 5.35. The lowest BCUT2D eigenvalue weighted by Crippen LogP contribution is -2.46. The number of nitrogens with one attached hydrogen (secondary N) is 1.